The smallest absolute Gasteiger partial charge is 0.230 e. The highest BCUT2D eigenvalue weighted by molar-refractivity contribution is 5.98. The van der Waals surface area contributed by atoms with Crippen molar-refractivity contribution >= 4 is 11.8 Å². The summed E-state index contributed by atoms with van der Waals surface area (Å²) < 4.78 is 0. The van der Waals surface area contributed by atoms with Gasteiger partial charge in [-0.05, 0) is 36.0 Å². The average Bonchev–Trinajstić information content (AvgIpc) is 2.46. The standard InChI is InChI=1S/C17H21NO3/c19-14-6-4-13(5-7-14)12-18-15(20)10-17(11-16(18)21)8-2-1-3-9-17/h4-7,19H,1-3,8-12H2. The number of carbonyl (C=O) groups is 2. The molecule has 1 saturated carbocycles. The second-order valence-corrected chi connectivity index (χ2v) is 6.45. The predicted molar refractivity (Wildman–Crippen MR) is 78.4 cm³/mol. The Hall–Kier alpha value is -1.84. The molecule has 112 valence electrons. The van der Waals surface area contributed by atoms with Crippen molar-refractivity contribution in [1.82, 2.24) is 4.90 Å². The summed E-state index contributed by atoms with van der Waals surface area (Å²) in [5, 5.41) is 9.29. The SMILES string of the molecule is O=C1CC2(CCCCC2)CC(=O)N1Cc1ccc(O)cc1. The van der Waals surface area contributed by atoms with Crippen LogP contribution in [0.15, 0.2) is 24.3 Å². The minimum absolute atomic E-state index is 0.0405. The molecule has 0 radical (unpaired) electrons. The third-order valence-electron chi connectivity index (χ3n) is 4.85. The first-order chi connectivity index (χ1) is 10.1. The minimum atomic E-state index is -0.0577. The maximum absolute atomic E-state index is 12.4. The first-order valence-electron chi connectivity index (χ1n) is 7.69. The number of nitrogens with zero attached hydrogens (tertiary/aromatic N) is 1. The van der Waals surface area contributed by atoms with Crippen molar-refractivity contribution in [3.05, 3.63) is 29.8 Å². The van der Waals surface area contributed by atoms with Gasteiger partial charge in [-0.15, -0.1) is 0 Å². The number of likely N-dealkylation sites (tertiary alicyclic amines) is 1. The number of rotatable bonds is 2. The van der Waals surface area contributed by atoms with Gasteiger partial charge in [0.15, 0.2) is 0 Å². The van der Waals surface area contributed by atoms with Gasteiger partial charge in [-0.2, -0.15) is 0 Å². The van der Waals surface area contributed by atoms with E-state index < -0.39 is 0 Å². The molecule has 1 aliphatic carbocycles. The Morgan fingerprint density at radius 1 is 0.952 bits per heavy atom. The lowest BCUT2D eigenvalue weighted by Crippen LogP contribution is -2.48. The zero-order chi connectivity index (χ0) is 14.9. The molecule has 2 aliphatic rings. The van der Waals surface area contributed by atoms with Crippen molar-refractivity contribution in [3.63, 3.8) is 0 Å². The zero-order valence-corrected chi connectivity index (χ0v) is 12.2. The number of carbonyl (C=O) groups excluding carboxylic acids is 2. The van der Waals surface area contributed by atoms with E-state index in [9.17, 15) is 14.7 Å². The molecule has 1 heterocycles. The van der Waals surface area contributed by atoms with Crippen LogP contribution in [0.3, 0.4) is 0 Å². The summed E-state index contributed by atoms with van der Waals surface area (Å²) in [6.07, 6.45) is 6.54. The number of benzene rings is 1. The Morgan fingerprint density at radius 3 is 2.10 bits per heavy atom. The number of amides is 2. The molecule has 1 N–H and O–H groups in total. The van der Waals surface area contributed by atoms with E-state index in [-0.39, 0.29) is 23.0 Å². The third kappa shape index (κ3) is 2.94. The van der Waals surface area contributed by atoms with Crippen LogP contribution >= 0.6 is 0 Å². The Kier molecular flexibility index (Phi) is 3.70. The minimum Gasteiger partial charge on any atom is -0.508 e. The van der Waals surface area contributed by atoms with Crippen molar-refractivity contribution in [2.45, 2.75) is 51.5 Å². The van der Waals surface area contributed by atoms with Crippen LogP contribution in [0.5, 0.6) is 5.75 Å². The van der Waals surface area contributed by atoms with Crippen LogP contribution in [0.1, 0.15) is 50.5 Å². The number of phenols is 1. The molecule has 21 heavy (non-hydrogen) atoms. The van der Waals surface area contributed by atoms with Crippen molar-refractivity contribution in [2.24, 2.45) is 5.41 Å². The molecule has 1 aliphatic heterocycles. The van der Waals surface area contributed by atoms with Gasteiger partial charge in [0.1, 0.15) is 5.75 Å². The van der Waals surface area contributed by atoms with Crippen molar-refractivity contribution in [1.29, 1.82) is 0 Å². The van der Waals surface area contributed by atoms with Gasteiger partial charge in [0, 0.05) is 12.8 Å². The Labute approximate surface area is 124 Å². The van der Waals surface area contributed by atoms with E-state index in [1.807, 2.05) is 0 Å². The summed E-state index contributed by atoms with van der Waals surface area (Å²) in [7, 11) is 0. The fourth-order valence-electron chi connectivity index (χ4n) is 3.65. The number of phenolic OH excluding ortho intramolecular Hbond substituents is 1. The van der Waals surface area contributed by atoms with E-state index in [2.05, 4.69) is 0 Å². The van der Waals surface area contributed by atoms with Gasteiger partial charge in [0.05, 0.1) is 6.54 Å². The molecule has 0 unspecified atom stereocenters. The lowest BCUT2D eigenvalue weighted by atomic mass is 9.67. The molecule has 0 atom stereocenters. The van der Waals surface area contributed by atoms with Crippen LogP contribution in [0, 0.1) is 5.41 Å². The summed E-state index contributed by atoms with van der Waals surface area (Å²) in [6, 6.07) is 6.66. The van der Waals surface area contributed by atoms with Crippen molar-refractivity contribution in [2.75, 3.05) is 0 Å². The average molecular weight is 287 g/mol. The van der Waals surface area contributed by atoms with Crippen LogP contribution in [0.2, 0.25) is 0 Å². The Balaban J connectivity index is 1.71. The molecule has 4 heteroatoms. The van der Waals surface area contributed by atoms with Crippen LogP contribution < -0.4 is 0 Å². The van der Waals surface area contributed by atoms with Gasteiger partial charge in [-0.1, -0.05) is 31.4 Å². The highest BCUT2D eigenvalue weighted by Gasteiger charge is 2.43. The summed E-state index contributed by atoms with van der Waals surface area (Å²) in [6.45, 7) is 0.314. The van der Waals surface area contributed by atoms with E-state index in [0.717, 1.165) is 31.2 Å². The van der Waals surface area contributed by atoms with Crippen LogP contribution in [-0.4, -0.2) is 21.8 Å². The molecule has 2 fully saturated rings. The molecule has 1 aromatic carbocycles. The highest BCUT2D eigenvalue weighted by Crippen LogP contribution is 2.45. The first-order valence-corrected chi connectivity index (χ1v) is 7.69. The maximum atomic E-state index is 12.4. The molecular weight excluding hydrogens is 266 g/mol. The molecule has 1 aromatic rings. The third-order valence-corrected chi connectivity index (χ3v) is 4.85. The second kappa shape index (κ2) is 5.51. The summed E-state index contributed by atoms with van der Waals surface area (Å²) >= 11 is 0. The van der Waals surface area contributed by atoms with Crippen LogP contribution in [0.4, 0.5) is 0 Å². The fourth-order valence-corrected chi connectivity index (χ4v) is 3.65. The number of hydrogen-bond acceptors (Lipinski definition) is 3. The van der Waals surface area contributed by atoms with E-state index in [1.54, 1.807) is 24.3 Å². The van der Waals surface area contributed by atoms with E-state index >= 15 is 0 Å². The summed E-state index contributed by atoms with van der Waals surface area (Å²) in [4.78, 5) is 26.2. The molecule has 2 amide bonds. The van der Waals surface area contributed by atoms with Gasteiger partial charge in [0.2, 0.25) is 11.8 Å². The van der Waals surface area contributed by atoms with Gasteiger partial charge >= 0.3 is 0 Å². The topological polar surface area (TPSA) is 57.6 Å². The van der Waals surface area contributed by atoms with Gasteiger partial charge < -0.3 is 5.11 Å². The lowest BCUT2D eigenvalue weighted by Gasteiger charge is -2.42. The molecule has 4 nitrogen and oxygen atoms in total. The van der Waals surface area contributed by atoms with Gasteiger partial charge in [-0.3, -0.25) is 14.5 Å². The highest BCUT2D eigenvalue weighted by atomic mass is 16.3. The zero-order valence-electron chi connectivity index (χ0n) is 12.2. The molecule has 1 spiro atoms. The maximum Gasteiger partial charge on any atom is 0.230 e. The number of piperidine rings is 1. The van der Waals surface area contributed by atoms with Gasteiger partial charge in [0.25, 0.3) is 0 Å². The quantitative estimate of drug-likeness (QED) is 0.851. The van der Waals surface area contributed by atoms with Crippen LogP contribution in [-0.2, 0) is 16.1 Å². The lowest BCUT2D eigenvalue weighted by molar-refractivity contribution is -0.155. The monoisotopic (exact) mass is 287 g/mol. The van der Waals surface area contributed by atoms with Crippen molar-refractivity contribution in [3.8, 4) is 5.75 Å². The Morgan fingerprint density at radius 2 is 1.52 bits per heavy atom. The van der Waals surface area contributed by atoms with E-state index in [1.165, 1.54) is 11.3 Å². The van der Waals surface area contributed by atoms with E-state index in [4.69, 9.17) is 0 Å². The molecule has 1 saturated heterocycles. The van der Waals surface area contributed by atoms with Crippen molar-refractivity contribution < 1.29 is 14.7 Å². The number of hydrogen-bond donors (Lipinski definition) is 1. The normalized spacial score (nSPS) is 21.8. The predicted octanol–water partition coefficient (Wildman–Crippen LogP) is 2.99. The Bertz CT molecular complexity index is 524. The number of imide groups is 1. The molecule has 0 bridgehead atoms. The summed E-state index contributed by atoms with van der Waals surface area (Å²) in [5.41, 5.74) is 0.812. The number of aromatic hydroxyl groups is 1. The largest absolute Gasteiger partial charge is 0.508 e. The molecule has 3 rings (SSSR count). The molecule has 0 aromatic heterocycles. The first kappa shape index (κ1) is 14.1. The van der Waals surface area contributed by atoms with Crippen LogP contribution in [0.25, 0.3) is 0 Å². The fraction of sp³-hybridized carbons (Fsp3) is 0.529. The van der Waals surface area contributed by atoms with E-state index in [0.29, 0.717) is 19.4 Å². The summed E-state index contributed by atoms with van der Waals surface area (Å²) in [5.74, 6) is 0.110. The molecular formula is C17H21NO3. The second-order valence-electron chi connectivity index (χ2n) is 6.45. The van der Waals surface area contributed by atoms with Gasteiger partial charge in [-0.25, -0.2) is 0 Å².